The number of halogens is 1. The molecule has 0 bridgehead atoms. The summed E-state index contributed by atoms with van der Waals surface area (Å²) >= 11 is 0. The predicted molar refractivity (Wildman–Crippen MR) is 74.9 cm³/mol. The Morgan fingerprint density at radius 3 is 2.74 bits per heavy atom. The van der Waals surface area contributed by atoms with E-state index in [1.807, 2.05) is 7.05 Å². The molecule has 0 spiro atoms. The average Bonchev–Trinajstić information content (AvgIpc) is 2.42. The molecule has 1 rings (SSSR count). The number of aliphatic hydroxyl groups excluding tert-OH is 1. The Labute approximate surface area is 115 Å². The molecular weight excluding hydrogens is 245 g/mol. The normalized spacial score (nSPS) is 12.7. The van der Waals surface area contributed by atoms with Crippen LogP contribution < -0.4 is 4.74 Å². The predicted octanol–water partition coefficient (Wildman–Crippen LogP) is 2.99. The molecule has 0 amide bonds. The van der Waals surface area contributed by atoms with Gasteiger partial charge in [-0.1, -0.05) is 19.4 Å². The Morgan fingerprint density at radius 1 is 1.37 bits per heavy atom. The van der Waals surface area contributed by atoms with Gasteiger partial charge in [-0.3, -0.25) is 0 Å². The number of aliphatic hydroxyl groups is 1. The van der Waals surface area contributed by atoms with Crippen molar-refractivity contribution in [3.63, 3.8) is 0 Å². The van der Waals surface area contributed by atoms with Crippen molar-refractivity contribution in [3.05, 3.63) is 29.6 Å². The van der Waals surface area contributed by atoms with Crippen LogP contribution in [0.25, 0.3) is 0 Å². The summed E-state index contributed by atoms with van der Waals surface area (Å²) in [5.41, 5.74) is 0.258. The van der Waals surface area contributed by atoms with Crippen LogP contribution in [0.4, 0.5) is 4.39 Å². The minimum Gasteiger partial charge on any atom is -0.496 e. The van der Waals surface area contributed by atoms with Crippen LogP contribution in [0.2, 0.25) is 0 Å². The first kappa shape index (κ1) is 15.9. The Bertz CT molecular complexity index is 384. The van der Waals surface area contributed by atoms with Crippen LogP contribution in [-0.4, -0.2) is 37.3 Å². The third-order valence-electron chi connectivity index (χ3n) is 3.24. The summed E-state index contributed by atoms with van der Waals surface area (Å²) in [6, 6.07) is 4.60. The molecule has 1 aromatic rings. The van der Waals surface area contributed by atoms with E-state index >= 15 is 0 Å². The molecule has 0 aliphatic carbocycles. The second kappa shape index (κ2) is 8.12. The monoisotopic (exact) mass is 269 g/mol. The van der Waals surface area contributed by atoms with Crippen LogP contribution in [0.1, 0.15) is 37.9 Å². The summed E-state index contributed by atoms with van der Waals surface area (Å²) < 4.78 is 18.9. The van der Waals surface area contributed by atoms with Gasteiger partial charge in [0.1, 0.15) is 11.6 Å². The molecule has 4 heteroatoms. The fourth-order valence-corrected chi connectivity index (χ4v) is 2.05. The highest BCUT2D eigenvalue weighted by Crippen LogP contribution is 2.29. The lowest BCUT2D eigenvalue weighted by Gasteiger charge is -2.20. The van der Waals surface area contributed by atoms with Crippen molar-refractivity contribution in [2.45, 2.75) is 32.3 Å². The van der Waals surface area contributed by atoms with E-state index in [-0.39, 0.29) is 5.56 Å². The van der Waals surface area contributed by atoms with Crippen molar-refractivity contribution < 1.29 is 14.2 Å². The minimum absolute atomic E-state index is 0.258. The van der Waals surface area contributed by atoms with Crippen LogP contribution in [0.3, 0.4) is 0 Å². The summed E-state index contributed by atoms with van der Waals surface area (Å²) in [4.78, 5) is 2.15. The quantitative estimate of drug-likeness (QED) is 0.787. The first-order valence-electron chi connectivity index (χ1n) is 6.79. The van der Waals surface area contributed by atoms with Gasteiger partial charge in [0.15, 0.2) is 0 Å². The summed E-state index contributed by atoms with van der Waals surface area (Å²) in [7, 11) is 3.50. The number of ether oxygens (including phenoxy) is 1. The molecule has 1 atom stereocenters. The van der Waals surface area contributed by atoms with Crippen LogP contribution in [0.5, 0.6) is 5.75 Å². The van der Waals surface area contributed by atoms with Gasteiger partial charge in [0.2, 0.25) is 0 Å². The molecule has 0 aromatic heterocycles. The van der Waals surface area contributed by atoms with E-state index in [2.05, 4.69) is 11.8 Å². The summed E-state index contributed by atoms with van der Waals surface area (Å²) in [5, 5.41) is 10.1. The molecule has 1 unspecified atom stereocenters. The molecule has 0 saturated heterocycles. The molecule has 1 N–H and O–H groups in total. The maximum atomic E-state index is 13.8. The van der Waals surface area contributed by atoms with Gasteiger partial charge in [0.05, 0.1) is 18.8 Å². The van der Waals surface area contributed by atoms with Crippen LogP contribution in [0, 0.1) is 5.82 Å². The van der Waals surface area contributed by atoms with Gasteiger partial charge in [-0.15, -0.1) is 0 Å². The van der Waals surface area contributed by atoms with E-state index in [1.54, 1.807) is 12.1 Å². The average molecular weight is 269 g/mol. The molecule has 3 nitrogen and oxygen atoms in total. The summed E-state index contributed by atoms with van der Waals surface area (Å²) in [6.45, 7) is 3.88. The Morgan fingerprint density at radius 2 is 2.11 bits per heavy atom. The van der Waals surface area contributed by atoms with E-state index < -0.39 is 11.9 Å². The number of rotatable bonds is 8. The fraction of sp³-hybridized carbons (Fsp3) is 0.600. The molecule has 19 heavy (non-hydrogen) atoms. The van der Waals surface area contributed by atoms with Crippen molar-refractivity contribution in [2.75, 3.05) is 27.2 Å². The number of nitrogens with zero attached hydrogens (tertiary/aromatic N) is 1. The lowest BCUT2D eigenvalue weighted by atomic mass is 10.0. The number of benzene rings is 1. The number of methoxy groups -OCH3 is 1. The zero-order valence-corrected chi connectivity index (χ0v) is 12.0. The van der Waals surface area contributed by atoms with Crippen molar-refractivity contribution in [2.24, 2.45) is 0 Å². The molecule has 0 aliphatic heterocycles. The van der Waals surface area contributed by atoms with Crippen LogP contribution in [0.15, 0.2) is 18.2 Å². The van der Waals surface area contributed by atoms with E-state index in [0.29, 0.717) is 12.2 Å². The van der Waals surface area contributed by atoms with E-state index in [9.17, 15) is 9.50 Å². The van der Waals surface area contributed by atoms with Crippen molar-refractivity contribution >= 4 is 0 Å². The lowest BCUT2D eigenvalue weighted by Crippen LogP contribution is -2.22. The molecule has 0 saturated carbocycles. The number of hydrogen-bond acceptors (Lipinski definition) is 3. The van der Waals surface area contributed by atoms with Gasteiger partial charge in [-0.25, -0.2) is 4.39 Å². The Balaban J connectivity index is 2.60. The Kier molecular flexibility index (Phi) is 6.81. The van der Waals surface area contributed by atoms with E-state index in [4.69, 9.17) is 4.74 Å². The third-order valence-corrected chi connectivity index (χ3v) is 3.24. The van der Waals surface area contributed by atoms with Crippen molar-refractivity contribution in [1.29, 1.82) is 0 Å². The van der Waals surface area contributed by atoms with E-state index in [1.165, 1.54) is 13.2 Å². The van der Waals surface area contributed by atoms with E-state index in [0.717, 1.165) is 25.9 Å². The summed E-state index contributed by atoms with van der Waals surface area (Å²) in [6.07, 6.45) is 1.95. The molecule has 0 aliphatic rings. The maximum absolute atomic E-state index is 13.8. The van der Waals surface area contributed by atoms with Gasteiger partial charge in [0, 0.05) is 6.54 Å². The topological polar surface area (TPSA) is 32.7 Å². The number of unbranched alkanes of at least 4 members (excludes halogenated alkanes) is 1. The zero-order chi connectivity index (χ0) is 14.3. The molecule has 1 aromatic carbocycles. The van der Waals surface area contributed by atoms with Crippen LogP contribution >= 0.6 is 0 Å². The van der Waals surface area contributed by atoms with Crippen LogP contribution in [-0.2, 0) is 0 Å². The first-order valence-corrected chi connectivity index (χ1v) is 6.79. The van der Waals surface area contributed by atoms with Gasteiger partial charge in [-0.05, 0) is 38.6 Å². The Hall–Kier alpha value is -1.13. The highest BCUT2D eigenvalue weighted by Gasteiger charge is 2.18. The molecule has 0 heterocycles. The standard InChI is InChI=1S/C15H24FNO2/c1-4-5-10-17(2)11-9-13(18)15-12(16)7-6-8-14(15)19-3/h6-8,13,18H,4-5,9-11H2,1-3H3. The third kappa shape index (κ3) is 4.80. The SMILES string of the molecule is CCCCN(C)CCC(O)c1c(F)cccc1OC. The molecule has 108 valence electrons. The second-order valence-corrected chi connectivity index (χ2v) is 4.82. The van der Waals surface area contributed by atoms with Gasteiger partial charge in [0.25, 0.3) is 0 Å². The largest absolute Gasteiger partial charge is 0.496 e. The summed E-state index contributed by atoms with van der Waals surface area (Å²) in [5.74, 6) is -0.00762. The maximum Gasteiger partial charge on any atom is 0.132 e. The fourth-order valence-electron chi connectivity index (χ4n) is 2.05. The lowest BCUT2D eigenvalue weighted by molar-refractivity contribution is 0.141. The molecule has 0 radical (unpaired) electrons. The van der Waals surface area contributed by atoms with Gasteiger partial charge < -0.3 is 14.7 Å². The second-order valence-electron chi connectivity index (χ2n) is 4.82. The van der Waals surface area contributed by atoms with Gasteiger partial charge in [-0.2, -0.15) is 0 Å². The molecular formula is C15H24FNO2. The smallest absolute Gasteiger partial charge is 0.132 e. The van der Waals surface area contributed by atoms with Crippen molar-refractivity contribution in [3.8, 4) is 5.75 Å². The first-order chi connectivity index (χ1) is 9.10. The highest BCUT2D eigenvalue weighted by atomic mass is 19.1. The van der Waals surface area contributed by atoms with Crippen molar-refractivity contribution in [1.82, 2.24) is 4.90 Å². The zero-order valence-electron chi connectivity index (χ0n) is 12.0. The molecule has 0 fully saturated rings. The highest BCUT2D eigenvalue weighted by molar-refractivity contribution is 5.36. The minimum atomic E-state index is -0.833. The van der Waals surface area contributed by atoms with Gasteiger partial charge >= 0.3 is 0 Å². The number of hydrogen-bond donors (Lipinski definition) is 1.